The van der Waals surface area contributed by atoms with E-state index in [2.05, 4.69) is 0 Å². The molecule has 1 atom stereocenters. The summed E-state index contributed by atoms with van der Waals surface area (Å²) in [6, 6.07) is 2.09. The summed E-state index contributed by atoms with van der Waals surface area (Å²) >= 11 is 6.29. The first-order chi connectivity index (χ1) is 12.7. The number of hydrogen-bond donors (Lipinski definition) is 2. The van der Waals surface area contributed by atoms with Crippen LogP contribution in [0.4, 0.5) is 0 Å². The second-order valence-electron chi connectivity index (χ2n) is 6.31. The third-order valence-corrected chi connectivity index (χ3v) is 5.25. The van der Waals surface area contributed by atoms with Crippen LogP contribution in [0.1, 0.15) is 25.8 Å². The molecule has 1 amide bonds. The fourth-order valence-corrected chi connectivity index (χ4v) is 4.02. The summed E-state index contributed by atoms with van der Waals surface area (Å²) in [5, 5.41) is 19.5. The average Bonchev–Trinajstić information content (AvgIpc) is 2.87. The number of carbonyl (C=O) groups excluding carboxylic acids is 1. The van der Waals surface area contributed by atoms with E-state index in [9.17, 15) is 19.8 Å². The van der Waals surface area contributed by atoms with E-state index in [1.807, 2.05) is 13.8 Å². The molecule has 146 valence electrons. The molecule has 1 aliphatic rings. The minimum Gasteiger partial charge on any atom is -0.502 e. The van der Waals surface area contributed by atoms with E-state index in [1.54, 1.807) is 18.2 Å². The van der Waals surface area contributed by atoms with Crippen molar-refractivity contribution in [3.05, 3.63) is 22.6 Å². The molecule has 27 heavy (non-hydrogen) atoms. The number of carboxylic acids is 1. The van der Waals surface area contributed by atoms with Gasteiger partial charge in [-0.05, 0) is 36.1 Å². The fraction of sp³-hybridized carbons (Fsp3) is 0.389. The lowest BCUT2D eigenvalue weighted by Gasteiger charge is -2.24. The molecule has 1 aromatic rings. The number of aromatic hydroxyl groups is 1. The van der Waals surface area contributed by atoms with E-state index in [-0.39, 0.29) is 27.5 Å². The Morgan fingerprint density at radius 3 is 2.30 bits per heavy atom. The highest BCUT2D eigenvalue weighted by molar-refractivity contribution is 8.26. The predicted octanol–water partition coefficient (Wildman–Crippen LogP) is 3.11. The van der Waals surface area contributed by atoms with E-state index in [4.69, 9.17) is 21.7 Å². The lowest BCUT2D eigenvalue weighted by Crippen LogP contribution is -2.44. The minimum atomic E-state index is -1.09. The molecule has 0 aliphatic carbocycles. The van der Waals surface area contributed by atoms with Crippen LogP contribution in [-0.2, 0) is 9.59 Å². The Morgan fingerprint density at radius 2 is 1.85 bits per heavy atom. The molecule has 1 aliphatic heterocycles. The lowest BCUT2D eigenvalue weighted by molar-refractivity contribution is -0.145. The number of phenolic OH excluding ortho intramolecular Hbond substituents is 1. The van der Waals surface area contributed by atoms with Crippen LogP contribution in [0, 0.1) is 5.92 Å². The maximum Gasteiger partial charge on any atom is 0.326 e. The van der Waals surface area contributed by atoms with Gasteiger partial charge >= 0.3 is 5.97 Å². The van der Waals surface area contributed by atoms with Crippen LogP contribution in [0.15, 0.2) is 17.0 Å². The summed E-state index contributed by atoms with van der Waals surface area (Å²) in [6.07, 6.45) is 1.87. The zero-order valence-corrected chi connectivity index (χ0v) is 17.0. The molecule has 0 radical (unpaired) electrons. The molecule has 9 heteroatoms. The summed E-state index contributed by atoms with van der Waals surface area (Å²) in [7, 11) is 2.81. The molecular formula is C18H21NO6S2. The number of carbonyl (C=O) groups is 2. The van der Waals surface area contributed by atoms with Crippen LogP contribution in [0.5, 0.6) is 17.2 Å². The van der Waals surface area contributed by atoms with E-state index in [1.165, 1.54) is 14.2 Å². The number of aliphatic carboxylic acids is 1. The fourth-order valence-electron chi connectivity index (χ4n) is 2.66. The maximum absolute atomic E-state index is 12.8. The van der Waals surface area contributed by atoms with Crippen LogP contribution in [-0.4, -0.2) is 51.6 Å². The molecule has 0 saturated carbocycles. The highest BCUT2D eigenvalue weighted by atomic mass is 32.2. The van der Waals surface area contributed by atoms with Gasteiger partial charge in [0.25, 0.3) is 5.91 Å². The number of carboxylic acid groups (broad SMARTS) is 1. The first kappa shape index (κ1) is 21.0. The van der Waals surface area contributed by atoms with Gasteiger partial charge < -0.3 is 19.7 Å². The van der Waals surface area contributed by atoms with Crippen LogP contribution in [0.3, 0.4) is 0 Å². The van der Waals surface area contributed by atoms with E-state index in [0.29, 0.717) is 16.9 Å². The number of benzene rings is 1. The number of nitrogens with zero attached hydrogens (tertiary/aromatic N) is 1. The van der Waals surface area contributed by atoms with Gasteiger partial charge in [-0.25, -0.2) is 4.79 Å². The van der Waals surface area contributed by atoms with Crippen molar-refractivity contribution in [3.8, 4) is 17.2 Å². The molecule has 0 spiro atoms. The van der Waals surface area contributed by atoms with Gasteiger partial charge in [-0.1, -0.05) is 37.8 Å². The van der Waals surface area contributed by atoms with Crippen molar-refractivity contribution in [2.24, 2.45) is 5.92 Å². The monoisotopic (exact) mass is 411 g/mol. The van der Waals surface area contributed by atoms with E-state index in [0.717, 1.165) is 16.7 Å². The van der Waals surface area contributed by atoms with Crippen LogP contribution < -0.4 is 9.47 Å². The number of phenols is 1. The third kappa shape index (κ3) is 4.54. The van der Waals surface area contributed by atoms with Gasteiger partial charge in [0.1, 0.15) is 10.4 Å². The molecule has 2 N–H and O–H groups in total. The van der Waals surface area contributed by atoms with Gasteiger partial charge in [0.15, 0.2) is 11.5 Å². The summed E-state index contributed by atoms with van der Waals surface area (Å²) in [6.45, 7) is 3.77. The zero-order chi connectivity index (χ0) is 20.3. The van der Waals surface area contributed by atoms with E-state index >= 15 is 0 Å². The zero-order valence-electron chi connectivity index (χ0n) is 15.4. The molecule has 0 bridgehead atoms. The normalized spacial score (nSPS) is 16.9. The minimum absolute atomic E-state index is 0.0883. The van der Waals surface area contributed by atoms with Gasteiger partial charge in [-0.2, -0.15) is 0 Å². The molecule has 0 unspecified atom stereocenters. The van der Waals surface area contributed by atoms with Crippen molar-refractivity contribution in [2.75, 3.05) is 14.2 Å². The van der Waals surface area contributed by atoms with Crippen LogP contribution >= 0.6 is 24.0 Å². The lowest BCUT2D eigenvalue weighted by atomic mass is 10.0. The second-order valence-corrected chi connectivity index (χ2v) is 7.99. The average molecular weight is 412 g/mol. The number of rotatable bonds is 7. The third-order valence-electron chi connectivity index (χ3n) is 3.91. The number of thiocarbonyl (C=S) groups is 1. The highest BCUT2D eigenvalue weighted by Gasteiger charge is 2.40. The van der Waals surface area contributed by atoms with Crippen molar-refractivity contribution < 1.29 is 29.3 Å². The number of amides is 1. The van der Waals surface area contributed by atoms with Crippen molar-refractivity contribution in [3.63, 3.8) is 0 Å². The number of ether oxygens (including phenoxy) is 2. The summed E-state index contributed by atoms with van der Waals surface area (Å²) < 4.78 is 10.4. The summed E-state index contributed by atoms with van der Waals surface area (Å²) in [5.41, 5.74) is 0.553. The summed E-state index contributed by atoms with van der Waals surface area (Å²) in [4.78, 5) is 25.9. The molecule has 1 saturated heterocycles. The maximum atomic E-state index is 12.8. The molecule has 7 nitrogen and oxygen atoms in total. The van der Waals surface area contributed by atoms with Gasteiger partial charge in [0.2, 0.25) is 5.75 Å². The molecule has 1 heterocycles. The Labute approximate surface area is 166 Å². The Balaban J connectivity index is 2.40. The Bertz CT molecular complexity index is 780. The van der Waals surface area contributed by atoms with Crippen molar-refractivity contribution in [2.45, 2.75) is 26.3 Å². The molecule has 1 aromatic carbocycles. The largest absolute Gasteiger partial charge is 0.502 e. The summed E-state index contributed by atoms with van der Waals surface area (Å²) in [5.74, 6) is -1.21. The van der Waals surface area contributed by atoms with Crippen molar-refractivity contribution >= 4 is 46.3 Å². The Hall–Kier alpha value is -2.26. The predicted molar refractivity (Wildman–Crippen MR) is 107 cm³/mol. The first-order valence-electron chi connectivity index (χ1n) is 8.14. The Kier molecular flexibility index (Phi) is 6.72. The smallest absolute Gasteiger partial charge is 0.326 e. The molecule has 2 rings (SSSR count). The highest BCUT2D eigenvalue weighted by Crippen LogP contribution is 2.40. The van der Waals surface area contributed by atoms with Crippen LogP contribution in [0.25, 0.3) is 6.08 Å². The van der Waals surface area contributed by atoms with Crippen LogP contribution in [0.2, 0.25) is 0 Å². The van der Waals surface area contributed by atoms with Crippen molar-refractivity contribution in [1.82, 2.24) is 4.90 Å². The molecule has 1 fully saturated rings. The standard InChI is InChI=1S/C18H21NO6S2/c1-9(2)5-11(17(22)23)19-16(21)14(27-18(19)26)8-10-6-12(24-3)15(20)13(7-10)25-4/h6-9,11,20H,5H2,1-4H3,(H,22,23)/b14-8-/t11-/m1/s1. The topological polar surface area (TPSA) is 96.3 Å². The van der Waals surface area contributed by atoms with Gasteiger partial charge in [0.05, 0.1) is 19.1 Å². The van der Waals surface area contributed by atoms with Gasteiger partial charge in [-0.15, -0.1) is 0 Å². The SMILES string of the molecule is COc1cc(/C=C2\SC(=S)N([C@H](CC(C)C)C(=O)O)C2=O)cc(OC)c1O. The number of methoxy groups -OCH3 is 2. The van der Waals surface area contributed by atoms with Crippen molar-refractivity contribution in [1.29, 1.82) is 0 Å². The van der Waals surface area contributed by atoms with Gasteiger partial charge in [-0.3, -0.25) is 9.69 Å². The van der Waals surface area contributed by atoms with E-state index < -0.39 is 17.9 Å². The second kappa shape index (κ2) is 8.62. The first-order valence-corrected chi connectivity index (χ1v) is 9.36. The number of hydrogen-bond acceptors (Lipinski definition) is 7. The molecule has 0 aromatic heterocycles. The number of thioether (sulfide) groups is 1. The molecular weight excluding hydrogens is 390 g/mol. The quantitative estimate of drug-likeness (QED) is 0.522. The van der Waals surface area contributed by atoms with Gasteiger partial charge in [0, 0.05) is 0 Å². The Morgan fingerprint density at radius 1 is 1.30 bits per heavy atom.